The third-order valence-electron chi connectivity index (χ3n) is 6.54. The monoisotopic (exact) mass is 685 g/mol. The first kappa shape index (κ1) is 36.8. The molecule has 1 aromatic heterocycles. The van der Waals surface area contributed by atoms with E-state index >= 15 is 0 Å². The molecule has 0 aliphatic carbocycles. The smallest absolute Gasteiger partial charge is 0.475 e. The van der Waals surface area contributed by atoms with Crippen molar-refractivity contribution in [2.75, 3.05) is 23.8 Å². The Morgan fingerprint density at radius 1 is 0.957 bits per heavy atom. The Morgan fingerprint density at radius 3 is 2.11 bits per heavy atom. The zero-order valence-electron chi connectivity index (χ0n) is 25.1. The number of aromatic nitrogens is 1. The zero-order valence-corrected chi connectivity index (χ0v) is 25.9. The van der Waals surface area contributed by atoms with Crippen LogP contribution in [0.1, 0.15) is 25.0 Å². The van der Waals surface area contributed by atoms with Crippen molar-refractivity contribution in [3.05, 3.63) is 84.1 Å². The van der Waals surface area contributed by atoms with E-state index < -0.39 is 35.1 Å². The fourth-order valence-corrected chi connectivity index (χ4v) is 4.87. The lowest BCUT2D eigenvalue weighted by molar-refractivity contribution is -0.192. The number of nitrogens with zero attached hydrogens (tertiary/aromatic N) is 4. The molecular formula is C30H29F6N5O5S. The molecule has 1 aliphatic rings. The van der Waals surface area contributed by atoms with Crippen LogP contribution in [0.3, 0.4) is 0 Å². The standard InChI is InChI=1S/C28H28F3N5O3S.C2HF3O2/c1-27(2)25(38)36(21-9-11-22(12-10-21)40-28(29,30)31)26(39)35(27)17-20-13-14-32-23(15-20)33-24(37)18-34(3)16-19-7-5-4-6-8-19;3-2(4,5)1(6)7/h4-15H,16-18H2,1-3H3,(H,32,33,37);(H,6,7). The molecule has 0 spiro atoms. The maximum absolute atomic E-state index is 13.3. The van der Waals surface area contributed by atoms with Crippen LogP contribution in [-0.4, -0.2) is 74.5 Å². The van der Waals surface area contributed by atoms with E-state index in [0.717, 1.165) is 10.5 Å². The summed E-state index contributed by atoms with van der Waals surface area (Å²) in [5, 5.41) is 9.89. The van der Waals surface area contributed by atoms with Gasteiger partial charge in [0.2, 0.25) is 5.91 Å². The molecule has 0 unspecified atom stereocenters. The van der Waals surface area contributed by atoms with Gasteiger partial charge in [0, 0.05) is 24.2 Å². The third-order valence-corrected chi connectivity index (χ3v) is 7.28. The number of carboxylic acids is 1. The summed E-state index contributed by atoms with van der Waals surface area (Å²) in [5.41, 5.74) is -3.77. The van der Waals surface area contributed by atoms with Crippen LogP contribution in [0.2, 0.25) is 0 Å². The van der Waals surface area contributed by atoms with Crippen LogP contribution in [0.4, 0.5) is 42.6 Å². The summed E-state index contributed by atoms with van der Waals surface area (Å²) < 4.78 is 69.7. The molecule has 2 aromatic carbocycles. The Bertz CT molecular complexity index is 1590. The Balaban J connectivity index is 0.000000771. The van der Waals surface area contributed by atoms with Gasteiger partial charge in [-0.05, 0) is 80.2 Å². The number of likely N-dealkylation sites (N-methyl/N-ethyl adjacent to an activating group) is 1. The lowest BCUT2D eigenvalue weighted by Crippen LogP contribution is -2.43. The topological polar surface area (TPSA) is 123 Å². The molecule has 47 heavy (non-hydrogen) atoms. The maximum Gasteiger partial charge on any atom is 0.490 e. The van der Waals surface area contributed by atoms with Gasteiger partial charge in [0.05, 0.1) is 12.2 Å². The van der Waals surface area contributed by atoms with E-state index in [1.54, 1.807) is 26.0 Å². The lowest BCUT2D eigenvalue weighted by atomic mass is 10.0. The van der Waals surface area contributed by atoms with E-state index in [2.05, 4.69) is 10.3 Å². The van der Waals surface area contributed by atoms with Crippen LogP contribution >= 0.6 is 11.8 Å². The van der Waals surface area contributed by atoms with Crippen molar-refractivity contribution in [2.24, 2.45) is 0 Å². The number of rotatable bonds is 9. The second kappa shape index (κ2) is 14.8. The van der Waals surface area contributed by atoms with Gasteiger partial charge in [-0.3, -0.25) is 14.5 Å². The average molecular weight is 686 g/mol. The van der Waals surface area contributed by atoms with Crippen LogP contribution in [0, 0.1) is 0 Å². The number of halogens is 6. The van der Waals surface area contributed by atoms with Crippen molar-refractivity contribution in [1.82, 2.24) is 14.8 Å². The molecule has 4 rings (SSSR count). The van der Waals surface area contributed by atoms with Gasteiger partial charge < -0.3 is 15.3 Å². The van der Waals surface area contributed by atoms with Gasteiger partial charge in [-0.1, -0.05) is 30.3 Å². The first-order chi connectivity index (χ1) is 21.8. The number of carbonyl (C=O) groups is 4. The molecule has 2 N–H and O–H groups in total. The number of benzene rings is 2. The number of urea groups is 1. The molecule has 0 bridgehead atoms. The lowest BCUT2D eigenvalue weighted by Gasteiger charge is -2.27. The second-order valence-electron chi connectivity index (χ2n) is 10.7. The summed E-state index contributed by atoms with van der Waals surface area (Å²) in [4.78, 5) is 56.4. The number of pyridine rings is 1. The van der Waals surface area contributed by atoms with Crippen LogP contribution in [-0.2, 0) is 27.5 Å². The molecule has 1 saturated heterocycles. The molecule has 0 radical (unpaired) electrons. The number of anilines is 2. The normalized spacial score (nSPS) is 14.6. The number of nitrogens with one attached hydrogen (secondary N) is 1. The summed E-state index contributed by atoms with van der Waals surface area (Å²) in [5.74, 6) is -3.21. The molecule has 3 aromatic rings. The highest BCUT2D eigenvalue weighted by molar-refractivity contribution is 8.00. The van der Waals surface area contributed by atoms with Crippen LogP contribution in [0.5, 0.6) is 0 Å². The van der Waals surface area contributed by atoms with E-state index in [9.17, 15) is 40.7 Å². The summed E-state index contributed by atoms with van der Waals surface area (Å²) in [6.45, 7) is 4.00. The predicted molar refractivity (Wildman–Crippen MR) is 160 cm³/mol. The highest BCUT2D eigenvalue weighted by Crippen LogP contribution is 2.39. The number of imide groups is 1. The van der Waals surface area contributed by atoms with Crippen LogP contribution in [0.15, 0.2) is 77.8 Å². The van der Waals surface area contributed by atoms with E-state index in [1.807, 2.05) is 42.3 Å². The number of alkyl halides is 6. The zero-order chi connectivity index (χ0) is 35.2. The molecule has 0 atom stereocenters. The van der Waals surface area contributed by atoms with Crippen molar-refractivity contribution >= 4 is 47.1 Å². The molecule has 1 fully saturated rings. The maximum atomic E-state index is 13.3. The predicted octanol–water partition coefficient (Wildman–Crippen LogP) is 6.14. The van der Waals surface area contributed by atoms with Gasteiger partial charge >= 0.3 is 23.7 Å². The number of hydrogen-bond donors (Lipinski definition) is 2. The number of aliphatic carboxylic acids is 1. The first-order valence-electron chi connectivity index (χ1n) is 13.6. The van der Waals surface area contributed by atoms with Gasteiger partial charge in [0.1, 0.15) is 11.4 Å². The molecule has 17 heteroatoms. The fraction of sp³-hybridized carbons (Fsp3) is 0.300. The molecule has 10 nitrogen and oxygen atoms in total. The van der Waals surface area contributed by atoms with Crippen LogP contribution < -0.4 is 10.2 Å². The SMILES string of the molecule is CN(CC(=O)Nc1cc(CN2C(=O)N(c3ccc(SC(F)(F)F)cc3)C(=O)C2(C)C)ccn1)Cc1ccccc1.O=C(O)C(F)(F)F. The minimum atomic E-state index is -5.08. The summed E-state index contributed by atoms with van der Waals surface area (Å²) in [6.07, 6.45) is -3.58. The van der Waals surface area contributed by atoms with Crippen molar-refractivity contribution in [2.45, 2.75) is 49.1 Å². The van der Waals surface area contributed by atoms with Crippen molar-refractivity contribution in [3.63, 3.8) is 0 Å². The van der Waals surface area contributed by atoms with E-state index in [0.29, 0.717) is 17.9 Å². The Kier molecular flexibility index (Phi) is 11.6. The quantitative estimate of drug-likeness (QED) is 0.156. The van der Waals surface area contributed by atoms with E-state index in [-0.39, 0.29) is 41.3 Å². The molecule has 4 amide bonds. The number of carbonyl (C=O) groups excluding carboxylic acids is 3. The highest BCUT2D eigenvalue weighted by Gasteiger charge is 2.51. The number of amides is 4. The minimum Gasteiger partial charge on any atom is -0.475 e. The number of hydrogen-bond acceptors (Lipinski definition) is 7. The number of carboxylic acid groups (broad SMARTS) is 1. The molecule has 0 saturated carbocycles. The van der Waals surface area contributed by atoms with Crippen LogP contribution in [0.25, 0.3) is 0 Å². The average Bonchev–Trinajstić information content (AvgIpc) is 3.12. The second-order valence-corrected chi connectivity index (χ2v) is 11.8. The van der Waals surface area contributed by atoms with Gasteiger partial charge in [0.25, 0.3) is 5.91 Å². The summed E-state index contributed by atoms with van der Waals surface area (Å²) >= 11 is -0.273. The fourth-order valence-electron chi connectivity index (χ4n) is 4.33. The van der Waals surface area contributed by atoms with Crippen molar-refractivity contribution < 1.29 is 50.6 Å². The van der Waals surface area contributed by atoms with Gasteiger partial charge in [-0.2, -0.15) is 26.3 Å². The Morgan fingerprint density at radius 2 is 1.55 bits per heavy atom. The van der Waals surface area contributed by atoms with Gasteiger partial charge in [-0.15, -0.1) is 0 Å². The summed E-state index contributed by atoms with van der Waals surface area (Å²) in [7, 11) is 1.84. The van der Waals surface area contributed by atoms with Crippen molar-refractivity contribution in [1.29, 1.82) is 0 Å². The molecule has 2 heterocycles. The molecular weight excluding hydrogens is 656 g/mol. The van der Waals surface area contributed by atoms with E-state index in [1.165, 1.54) is 35.4 Å². The highest BCUT2D eigenvalue weighted by atomic mass is 32.2. The molecule has 252 valence electrons. The largest absolute Gasteiger partial charge is 0.490 e. The Hall–Kier alpha value is -4.64. The van der Waals surface area contributed by atoms with Crippen molar-refractivity contribution in [3.8, 4) is 0 Å². The summed E-state index contributed by atoms with van der Waals surface area (Å²) in [6, 6.07) is 17.5. The molecule has 1 aliphatic heterocycles. The van der Waals surface area contributed by atoms with E-state index in [4.69, 9.17) is 9.90 Å². The van der Waals surface area contributed by atoms with Gasteiger partial charge in [-0.25, -0.2) is 19.5 Å². The Labute approximate surface area is 269 Å². The third kappa shape index (κ3) is 10.4. The van der Waals surface area contributed by atoms with Gasteiger partial charge in [0.15, 0.2) is 0 Å². The first-order valence-corrected chi connectivity index (χ1v) is 14.4. The number of thioether (sulfide) groups is 1. The minimum absolute atomic E-state index is 0.0510.